The third-order valence-electron chi connectivity index (χ3n) is 5.17. The minimum Gasteiger partial charge on any atom is -0.354 e. The van der Waals surface area contributed by atoms with E-state index < -0.39 is 0 Å². The number of likely N-dealkylation sites (N-methyl/N-ethyl adjacent to an activating group) is 1. The van der Waals surface area contributed by atoms with Crippen LogP contribution in [0.1, 0.15) is 12.0 Å². The first-order valence-electron chi connectivity index (χ1n) is 9.11. The highest BCUT2D eigenvalue weighted by molar-refractivity contribution is 5.82. The third kappa shape index (κ3) is 2.97. The summed E-state index contributed by atoms with van der Waals surface area (Å²) in [5, 5.41) is 14.1. The van der Waals surface area contributed by atoms with Gasteiger partial charge < -0.3 is 10.2 Å². The van der Waals surface area contributed by atoms with E-state index in [1.165, 1.54) is 5.39 Å². The number of rotatable bonds is 4. The molecule has 1 saturated heterocycles. The fraction of sp³-hybridized carbons (Fsp3) is 0.316. The second-order valence-electron chi connectivity index (χ2n) is 6.90. The topological polar surface area (TPSA) is 84.6 Å². The van der Waals surface area contributed by atoms with Crippen molar-refractivity contribution in [2.45, 2.75) is 19.0 Å². The molecule has 0 unspecified atom stereocenters. The van der Waals surface area contributed by atoms with Crippen molar-refractivity contribution in [2.24, 2.45) is 0 Å². The van der Waals surface area contributed by atoms with Gasteiger partial charge in [0.05, 0.1) is 12.7 Å². The Morgan fingerprint density at radius 3 is 3.04 bits per heavy atom. The van der Waals surface area contributed by atoms with Gasteiger partial charge in [-0.3, -0.25) is 4.98 Å². The molecule has 0 saturated carbocycles. The van der Waals surface area contributed by atoms with E-state index in [9.17, 15) is 0 Å². The minimum absolute atomic E-state index is 0.497. The SMILES string of the molecule is CN[C@@H]1CCN(c2cnc3nnn(Cc4ccc5ccncc5c4)c3n2)C1. The predicted molar refractivity (Wildman–Crippen MR) is 104 cm³/mol. The number of benzene rings is 1. The van der Waals surface area contributed by atoms with Crippen LogP contribution in [0.25, 0.3) is 22.1 Å². The molecule has 0 aliphatic carbocycles. The summed E-state index contributed by atoms with van der Waals surface area (Å²) in [6.45, 7) is 2.51. The molecule has 0 bridgehead atoms. The average Bonchev–Trinajstić information content (AvgIpc) is 3.35. The van der Waals surface area contributed by atoms with E-state index in [4.69, 9.17) is 4.98 Å². The lowest BCUT2D eigenvalue weighted by molar-refractivity contribution is 0.616. The highest BCUT2D eigenvalue weighted by Crippen LogP contribution is 2.20. The van der Waals surface area contributed by atoms with Crippen molar-refractivity contribution in [3.05, 3.63) is 48.4 Å². The maximum atomic E-state index is 4.81. The van der Waals surface area contributed by atoms with E-state index in [0.29, 0.717) is 23.9 Å². The standard InChI is InChI=1S/C19H20N8/c1-20-16-5-7-26(12-16)17-10-22-18-19(23-17)27(25-24-18)11-13-2-3-14-4-6-21-9-15(14)8-13/h2-4,6,8-10,16,20H,5,7,11-12H2,1H3/t16-/m1/s1. The van der Waals surface area contributed by atoms with Gasteiger partial charge in [0.15, 0.2) is 5.65 Å². The van der Waals surface area contributed by atoms with Gasteiger partial charge in [-0.2, -0.15) is 0 Å². The van der Waals surface area contributed by atoms with Gasteiger partial charge in [-0.1, -0.05) is 17.3 Å². The number of hydrogen-bond donors (Lipinski definition) is 1. The Labute approximate surface area is 156 Å². The zero-order chi connectivity index (χ0) is 18.2. The van der Waals surface area contributed by atoms with E-state index in [-0.39, 0.29) is 0 Å². The molecule has 1 atom stereocenters. The van der Waals surface area contributed by atoms with Crippen molar-refractivity contribution in [1.82, 2.24) is 35.3 Å². The summed E-state index contributed by atoms with van der Waals surface area (Å²) in [4.78, 5) is 15.7. The monoisotopic (exact) mass is 360 g/mol. The van der Waals surface area contributed by atoms with E-state index in [0.717, 1.165) is 36.3 Å². The molecule has 1 fully saturated rings. The molecule has 8 nitrogen and oxygen atoms in total. The van der Waals surface area contributed by atoms with Crippen molar-refractivity contribution < 1.29 is 0 Å². The highest BCUT2D eigenvalue weighted by atomic mass is 15.5. The Hall–Kier alpha value is -3.13. The van der Waals surface area contributed by atoms with Gasteiger partial charge >= 0.3 is 0 Å². The molecule has 1 aliphatic rings. The van der Waals surface area contributed by atoms with Gasteiger partial charge in [0.2, 0.25) is 5.65 Å². The van der Waals surface area contributed by atoms with E-state index in [2.05, 4.69) is 48.7 Å². The van der Waals surface area contributed by atoms with Crippen molar-refractivity contribution in [2.75, 3.05) is 25.0 Å². The molecule has 1 aliphatic heterocycles. The molecule has 8 heteroatoms. The Balaban J connectivity index is 1.46. The van der Waals surface area contributed by atoms with Crippen molar-refractivity contribution in [1.29, 1.82) is 0 Å². The van der Waals surface area contributed by atoms with Crippen LogP contribution in [0.2, 0.25) is 0 Å². The molecule has 136 valence electrons. The second kappa shape index (κ2) is 6.55. The quantitative estimate of drug-likeness (QED) is 0.592. The average molecular weight is 360 g/mol. The maximum absolute atomic E-state index is 4.81. The van der Waals surface area contributed by atoms with Gasteiger partial charge in [0.25, 0.3) is 0 Å². The summed E-state index contributed by atoms with van der Waals surface area (Å²) in [6, 6.07) is 8.84. The predicted octanol–water partition coefficient (Wildman–Crippen LogP) is 1.62. The summed E-state index contributed by atoms with van der Waals surface area (Å²) in [5.74, 6) is 0.881. The lowest BCUT2D eigenvalue weighted by atomic mass is 10.1. The Morgan fingerprint density at radius 2 is 2.15 bits per heavy atom. The van der Waals surface area contributed by atoms with Crippen molar-refractivity contribution >= 4 is 27.9 Å². The number of pyridine rings is 1. The molecule has 4 heterocycles. The molecule has 0 radical (unpaired) electrons. The van der Waals surface area contributed by atoms with Gasteiger partial charge in [-0.25, -0.2) is 14.6 Å². The summed E-state index contributed by atoms with van der Waals surface area (Å²) in [7, 11) is 2.00. The lowest BCUT2D eigenvalue weighted by Crippen LogP contribution is -2.29. The van der Waals surface area contributed by atoms with Crippen LogP contribution >= 0.6 is 0 Å². The van der Waals surface area contributed by atoms with Crippen LogP contribution in [0.3, 0.4) is 0 Å². The van der Waals surface area contributed by atoms with Crippen LogP contribution in [0.5, 0.6) is 0 Å². The van der Waals surface area contributed by atoms with E-state index in [1.54, 1.807) is 12.4 Å². The molecule has 0 spiro atoms. The zero-order valence-corrected chi connectivity index (χ0v) is 15.1. The molecule has 1 N–H and O–H groups in total. The molecular formula is C19H20N8. The van der Waals surface area contributed by atoms with Gasteiger partial charge in [-0.05, 0) is 36.6 Å². The second-order valence-corrected chi connectivity index (χ2v) is 6.90. The normalized spacial score (nSPS) is 17.2. The van der Waals surface area contributed by atoms with E-state index >= 15 is 0 Å². The summed E-state index contributed by atoms with van der Waals surface area (Å²) in [6.07, 6.45) is 6.59. The number of aromatic nitrogens is 6. The number of fused-ring (bicyclic) bond motifs is 2. The fourth-order valence-corrected chi connectivity index (χ4v) is 3.61. The summed E-state index contributed by atoms with van der Waals surface area (Å²) in [5.41, 5.74) is 2.42. The van der Waals surface area contributed by atoms with Crippen LogP contribution in [0.4, 0.5) is 5.82 Å². The molecule has 27 heavy (non-hydrogen) atoms. The van der Waals surface area contributed by atoms with Gasteiger partial charge in [0, 0.05) is 36.9 Å². The molecule has 5 rings (SSSR count). The first-order chi connectivity index (χ1) is 13.3. The zero-order valence-electron chi connectivity index (χ0n) is 15.1. The molecular weight excluding hydrogens is 340 g/mol. The Morgan fingerprint density at radius 1 is 1.19 bits per heavy atom. The number of nitrogens with zero attached hydrogens (tertiary/aromatic N) is 7. The number of hydrogen-bond acceptors (Lipinski definition) is 7. The van der Waals surface area contributed by atoms with Crippen LogP contribution in [-0.2, 0) is 6.54 Å². The number of anilines is 1. The minimum atomic E-state index is 0.497. The fourth-order valence-electron chi connectivity index (χ4n) is 3.61. The van der Waals surface area contributed by atoms with Crippen LogP contribution < -0.4 is 10.2 Å². The van der Waals surface area contributed by atoms with E-state index in [1.807, 2.05) is 24.0 Å². The van der Waals surface area contributed by atoms with Crippen LogP contribution in [-0.4, -0.2) is 56.1 Å². The lowest BCUT2D eigenvalue weighted by Gasteiger charge is -2.16. The van der Waals surface area contributed by atoms with Crippen molar-refractivity contribution in [3.8, 4) is 0 Å². The van der Waals surface area contributed by atoms with Crippen LogP contribution in [0, 0.1) is 0 Å². The third-order valence-corrected chi connectivity index (χ3v) is 5.17. The smallest absolute Gasteiger partial charge is 0.221 e. The molecule has 0 amide bonds. The summed E-state index contributed by atoms with van der Waals surface area (Å²) < 4.78 is 1.81. The molecule has 1 aromatic carbocycles. The maximum Gasteiger partial charge on any atom is 0.221 e. The Bertz CT molecular complexity index is 1110. The van der Waals surface area contributed by atoms with Gasteiger partial charge in [-0.15, -0.1) is 5.10 Å². The first kappa shape index (κ1) is 16.1. The molecule has 3 aromatic heterocycles. The molecule has 4 aromatic rings. The van der Waals surface area contributed by atoms with Crippen molar-refractivity contribution in [3.63, 3.8) is 0 Å². The first-order valence-corrected chi connectivity index (χ1v) is 9.11. The van der Waals surface area contributed by atoms with Crippen LogP contribution in [0.15, 0.2) is 42.9 Å². The number of nitrogens with one attached hydrogen (secondary N) is 1. The largest absolute Gasteiger partial charge is 0.354 e. The summed E-state index contributed by atoms with van der Waals surface area (Å²) >= 11 is 0. The van der Waals surface area contributed by atoms with Gasteiger partial charge in [0.1, 0.15) is 5.82 Å². The highest BCUT2D eigenvalue weighted by Gasteiger charge is 2.23. The Kier molecular flexibility index (Phi) is 3.90.